The molecule has 3 heteroatoms. The van der Waals surface area contributed by atoms with Crippen LogP contribution in [0.2, 0.25) is 0 Å². The Morgan fingerprint density at radius 1 is 1.43 bits per heavy atom. The lowest BCUT2D eigenvalue weighted by molar-refractivity contribution is -0.0524. The highest BCUT2D eigenvalue weighted by atomic mass is 16.5. The predicted octanol–water partition coefficient (Wildman–Crippen LogP) is 4.60. The summed E-state index contributed by atoms with van der Waals surface area (Å²) in [5.74, 6) is 0.949. The summed E-state index contributed by atoms with van der Waals surface area (Å²) in [5.41, 5.74) is 0.0664. The Balaban J connectivity index is 1.96. The average Bonchev–Trinajstić information content (AvgIpc) is 2.90. The van der Waals surface area contributed by atoms with Gasteiger partial charge in [-0.1, -0.05) is 31.5 Å². The van der Waals surface area contributed by atoms with E-state index in [4.69, 9.17) is 9.15 Å². The van der Waals surface area contributed by atoms with E-state index in [1.165, 1.54) is 6.42 Å². The van der Waals surface area contributed by atoms with Gasteiger partial charge in [0.1, 0.15) is 11.2 Å². The molecule has 21 heavy (non-hydrogen) atoms. The molecular weight excluding hydrogens is 264 g/mol. The Labute approximate surface area is 125 Å². The minimum Gasteiger partial charge on any atom is -0.453 e. The molecule has 2 unspecified atom stereocenters. The molecule has 1 heterocycles. The van der Waals surface area contributed by atoms with E-state index in [0.29, 0.717) is 18.3 Å². The number of hydrogen-bond acceptors (Lipinski definition) is 3. The van der Waals surface area contributed by atoms with Crippen LogP contribution >= 0.6 is 0 Å². The fraction of sp³-hybridized carbons (Fsp3) is 0.500. The van der Waals surface area contributed by atoms with Crippen LogP contribution in [0.3, 0.4) is 0 Å². The standard InChI is InChI=1S/C18H22O3/c1-3-20-18(10-6-7-13(2)12-18)17(19)16-11-14-8-4-5-9-15(14)21-16/h4-5,8-9,11,13H,3,6-7,10,12H2,1-2H3. The third-order valence-corrected chi connectivity index (χ3v) is 4.44. The van der Waals surface area contributed by atoms with Crippen LogP contribution in [-0.4, -0.2) is 18.0 Å². The van der Waals surface area contributed by atoms with Gasteiger partial charge in [0.2, 0.25) is 5.78 Å². The van der Waals surface area contributed by atoms with Gasteiger partial charge in [-0.05, 0) is 44.2 Å². The first-order chi connectivity index (χ1) is 10.1. The molecule has 0 bridgehead atoms. The highest BCUT2D eigenvalue weighted by molar-refractivity contribution is 6.03. The number of carbonyl (C=O) groups excluding carboxylic acids is 1. The number of ketones is 1. The predicted molar refractivity (Wildman–Crippen MR) is 82.5 cm³/mol. The van der Waals surface area contributed by atoms with Crippen LogP contribution < -0.4 is 0 Å². The molecule has 0 aliphatic heterocycles. The fourth-order valence-corrected chi connectivity index (χ4v) is 3.50. The molecular formula is C18H22O3. The van der Waals surface area contributed by atoms with E-state index in [1.54, 1.807) is 0 Å². The van der Waals surface area contributed by atoms with Crippen molar-refractivity contribution in [1.82, 2.24) is 0 Å². The number of para-hydroxylation sites is 1. The second-order valence-electron chi connectivity index (χ2n) is 6.11. The third kappa shape index (κ3) is 2.62. The van der Waals surface area contributed by atoms with E-state index < -0.39 is 5.60 Å². The fourth-order valence-electron chi connectivity index (χ4n) is 3.50. The van der Waals surface area contributed by atoms with Crippen molar-refractivity contribution in [2.24, 2.45) is 5.92 Å². The Hall–Kier alpha value is -1.61. The summed E-state index contributed by atoms with van der Waals surface area (Å²) >= 11 is 0. The van der Waals surface area contributed by atoms with Crippen molar-refractivity contribution in [1.29, 1.82) is 0 Å². The van der Waals surface area contributed by atoms with Crippen molar-refractivity contribution in [2.75, 3.05) is 6.61 Å². The highest BCUT2D eigenvalue weighted by Crippen LogP contribution is 2.38. The number of furan rings is 1. The first-order valence-electron chi connectivity index (χ1n) is 7.82. The number of fused-ring (bicyclic) bond motifs is 1. The second kappa shape index (κ2) is 5.64. The normalized spacial score (nSPS) is 26.1. The maximum atomic E-state index is 13.0. The number of carbonyl (C=O) groups is 1. The number of ether oxygens (including phenoxy) is 1. The quantitative estimate of drug-likeness (QED) is 0.771. The van der Waals surface area contributed by atoms with Crippen molar-refractivity contribution in [3.05, 3.63) is 36.1 Å². The van der Waals surface area contributed by atoms with Crippen molar-refractivity contribution in [3.8, 4) is 0 Å². The van der Waals surface area contributed by atoms with E-state index in [0.717, 1.165) is 30.2 Å². The lowest BCUT2D eigenvalue weighted by Gasteiger charge is -2.37. The molecule has 3 rings (SSSR count). The van der Waals surface area contributed by atoms with E-state index in [1.807, 2.05) is 37.3 Å². The molecule has 3 nitrogen and oxygen atoms in total. The largest absolute Gasteiger partial charge is 0.453 e. The van der Waals surface area contributed by atoms with Gasteiger partial charge < -0.3 is 9.15 Å². The van der Waals surface area contributed by atoms with Crippen LogP contribution in [0.5, 0.6) is 0 Å². The summed E-state index contributed by atoms with van der Waals surface area (Å²) in [4.78, 5) is 13.0. The van der Waals surface area contributed by atoms with Gasteiger partial charge in [0.25, 0.3) is 0 Å². The van der Waals surface area contributed by atoms with Crippen molar-refractivity contribution >= 4 is 16.8 Å². The minimum atomic E-state index is -0.694. The molecule has 0 saturated heterocycles. The molecule has 0 amide bonds. The van der Waals surface area contributed by atoms with Crippen LogP contribution in [0, 0.1) is 5.92 Å². The number of hydrogen-bond donors (Lipinski definition) is 0. The van der Waals surface area contributed by atoms with Gasteiger partial charge in [0.15, 0.2) is 5.76 Å². The van der Waals surface area contributed by atoms with Crippen molar-refractivity contribution in [2.45, 2.75) is 45.1 Å². The van der Waals surface area contributed by atoms with Crippen molar-refractivity contribution < 1.29 is 13.9 Å². The molecule has 2 atom stereocenters. The van der Waals surface area contributed by atoms with Gasteiger partial charge in [0.05, 0.1) is 0 Å². The highest BCUT2D eigenvalue weighted by Gasteiger charge is 2.44. The van der Waals surface area contributed by atoms with Gasteiger partial charge in [-0.25, -0.2) is 0 Å². The summed E-state index contributed by atoms with van der Waals surface area (Å²) in [6.07, 6.45) is 3.78. The van der Waals surface area contributed by atoms with Crippen LogP contribution in [-0.2, 0) is 4.74 Å². The minimum absolute atomic E-state index is 0.00657. The lowest BCUT2D eigenvalue weighted by atomic mass is 9.75. The summed E-state index contributed by atoms with van der Waals surface area (Å²) in [6, 6.07) is 9.57. The van der Waals surface area contributed by atoms with Crippen LogP contribution in [0.15, 0.2) is 34.7 Å². The topological polar surface area (TPSA) is 39.4 Å². The first-order valence-corrected chi connectivity index (χ1v) is 7.82. The van der Waals surface area contributed by atoms with Crippen LogP contribution in [0.1, 0.15) is 50.1 Å². The van der Waals surface area contributed by atoms with E-state index in [-0.39, 0.29) is 5.78 Å². The molecule has 1 saturated carbocycles. The Kier molecular flexibility index (Phi) is 3.85. The Bertz CT molecular complexity index is 606. The maximum Gasteiger partial charge on any atom is 0.229 e. The summed E-state index contributed by atoms with van der Waals surface area (Å²) in [7, 11) is 0. The Morgan fingerprint density at radius 2 is 2.24 bits per heavy atom. The average molecular weight is 286 g/mol. The molecule has 0 spiro atoms. The van der Waals surface area contributed by atoms with Gasteiger partial charge in [-0.2, -0.15) is 0 Å². The van der Waals surface area contributed by atoms with Crippen LogP contribution in [0.4, 0.5) is 0 Å². The zero-order chi connectivity index (χ0) is 14.9. The molecule has 2 aromatic rings. The van der Waals surface area contributed by atoms with Gasteiger partial charge in [0, 0.05) is 12.0 Å². The number of rotatable bonds is 4. The lowest BCUT2D eigenvalue weighted by Crippen LogP contribution is -2.45. The summed E-state index contributed by atoms with van der Waals surface area (Å²) < 4.78 is 11.7. The van der Waals surface area contributed by atoms with Gasteiger partial charge in [-0.15, -0.1) is 0 Å². The van der Waals surface area contributed by atoms with E-state index in [9.17, 15) is 4.79 Å². The Morgan fingerprint density at radius 3 is 2.95 bits per heavy atom. The second-order valence-corrected chi connectivity index (χ2v) is 6.11. The van der Waals surface area contributed by atoms with E-state index in [2.05, 4.69) is 6.92 Å². The SMILES string of the molecule is CCOC1(C(=O)c2cc3ccccc3o2)CCCC(C)C1. The zero-order valence-corrected chi connectivity index (χ0v) is 12.7. The number of benzene rings is 1. The first kappa shape index (κ1) is 14.3. The monoisotopic (exact) mass is 286 g/mol. The van der Waals surface area contributed by atoms with Gasteiger partial charge >= 0.3 is 0 Å². The zero-order valence-electron chi connectivity index (χ0n) is 12.7. The smallest absolute Gasteiger partial charge is 0.229 e. The molecule has 1 fully saturated rings. The van der Waals surface area contributed by atoms with E-state index >= 15 is 0 Å². The molecule has 112 valence electrons. The molecule has 1 aromatic heterocycles. The van der Waals surface area contributed by atoms with Crippen LogP contribution in [0.25, 0.3) is 11.0 Å². The molecule has 0 radical (unpaired) electrons. The van der Waals surface area contributed by atoms with Crippen molar-refractivity contribution in [3.63, 3.8) is 0 Å². The molecule has 0 N–H and O–H groups in total. The van der Waals surface area contributed by atoms with Gasteiger partial charge in [-0.3, -0.25) is 4.79 Å². The molecule has 1 aliphatic rings. The summed E-state index contributed by atoms with van der Waals surface area (Å²) in [6.45, 7) is 4.70. The molecule has 1 aliphatic carbocycles. The maximum absolute atomic E-state index is 13.0. The number of Topliss-reactive ketones (excluding diaryl/α,β-unsaturated/α-hetero) is 1. The summed E-state index contributed by atoms with van der Waals surface area (Å²) in [5, 5.41) is 0.969. The molecule has 1 aromatic carbocycles. The third-order valence-electron chi connectivity index (χ3n) is 4.44.